The average Bonchev–Trinajstić information content (AvgIpc) is 2.22. The summed E-state index contributed by atoms with van der Waals surface area (Å²) in [6, 6.07) is 3.92. The number of hydrogen-bond acceptors (Lipinski definition) is 2. The van der Waals surface area contributed by atoms with E-state index in [0.717, 1.165) is 28.9 Å². The third-order valence-corrected chi connectivity index (χ3v) is 2.66. The van der Waals surface area contributed by atoms with Crippen LogP contribution in [-0.4, -0.2) is 11.9 Å². The minimum absolute atomic E-state index is 0.158. The van der Waals surface area contributed by atoms with E-state index in [1.165, 1.54) is 0 Å². The Hall–Kier alpha value is -1.31. The standard InChI is InChI=1S/C15H22O2/c1-6-7-14(16)13-8-12(5)15(9-11(13)4)17-10(2)3/h8-10H,6-7H2,1-5H3. The number of Topliss-reactive ketones (excluding diaryl/α,β-unsaturated/α-hetero) is 1. The van der Waals surface area contributed by atoms with Crippen molar-refractivity contribution < 1.29 is 9.53 Å². The van der Waals surface area contributed by atoms with E-state index in [-0.39, 0.29) is 11.9 Å². The monoisotopic (exact) mass is 234 g/mol. The molecule has 1 rings (SSSR count). The van der Waals surface area contributed by atoms with E-state index in [9.17, 15) is 4.79 Å². The number of hydrogen-bond donors (Lipinski definition) is 0. The third-order valence-electron chi connectivity index (χ3n) is 2.66. The Kier molecular flexibility index (Phi) is 4.73. The van der Waals surface area contributed by atoms with Crippen molar-refractivity contribution in [2.45, 2.75) is 53.6 Å². The number of rotatable bonds is 5. The Morgan fingerprint density at radius 2 is 1.88 bits per heavy atom. The topological polar surface area (TPSA) is 26.3 Å². The van der Waals surface area contributed by atoms with Crippen LogP contribution in [0.15, 0.2) is 12.1 Å². The number of ketones is 1. The van der Waals surface area contributed by atoms with Gasteiger partial charge in [0, 0.05) is 12.0 Å². The summed E-state index contributed by atoms with van der Waals surface area (Å²) in [4.78, 5) is 11.9. The Balaban J connectivity index is 3.04. The predicted octanol–water partition coefficient (Wildman–Crippen LogP) is 4.07. The van der Waals surface area contributed by atoms with Crippen molar-refractivity contribution in [1.29, 1.82) is 0 Å². The van der Waals surface area contributed by atoms with E-state index in [1.807, 2.05) is 46.8 Å². The molecule has 94 valence electrons. The summed E-state index contributed by atoms with van der Waals surface area (Å²) in [7, 11) is 0. The van der Waals surface area contributed by atoms with Crippen molar-refractivity contribution >= 4 is 5.78 Å². The van der Waals surface area contributed by atoms with Gasteiger partial charge in [0.2, 0.25) is 0 Å². The molecule has 17 heavy (non-hydrogen) atoms. The van der Waals surface area contributed by atoms with Crippen LogP contribution in [0, 0.1) is 13.8 Å². The third kappa shape index (κ3) is 3.58. The Bertz CT molecular complexity index is 406. The van der Waals surface area contributed by atoms with Gasteiger partial charge in [-0.1, -0.05) is 6.92 Å². The Morgan fingerprint density at radius 3 is 2.41 bits per heavy atom. The molecule has 0 heterocycles. The van der Waals surface area contributed by atoms with E-state index in [1.54, 1.807) is 0 Å². The molecular formula is C15H22O2. The highest BCUT2D eigenvalue weighted by Crippen LogP contribution is 2.24. The highest BCUT2D eigenvalue weighted by molar-refractivity contribution is 5.97. The lowest BCUT2D eigenvalue weighted by atomic mass is 9.99. The molecule has 2 heteroatoms. The lowest BCUT2D eigenvalue weighted by molar-refractivity contribution is 0.0981. The molecule has 0 aliphatic carbocycles. The van der Waals surface area contributed by atoms with Gasteiger partial charge in [-0.15, -0.1) is 0 Å². The van der Waals surface area contributed by atoms with Crippen LogP contribution in [0.4, 0.5) is 0 Å². The van der Waals surface area contributed by atoms with Crippen LogP contribution < -0.4 is 4.74 Å². The van der Waals surface area contributed by atoms with Crippen molar-refractivity contribution in [1.82, 2.24) is 0 Å². The molecule has 2 nitrogen and oxygen atoms in total. The summed E-state index contributed by atoms with van der Waals surface area (Å²) in [5.41, 5.74) is 2.87. The van der Waals surface area contributed by atoms with Crippen molar-refractivity contribution in [3.05, 3.63) is 28.8 Å². The van der Waals surface area contributed by atoms with Gasteiger partial charge in [0.05, 0.1) is 6.10 Å². The first-order valence-corrected chi connectivity index (χ1v) is 6.26. The first kappa shape index (κ1) is 13.8. The van der Waals surface area contributed by atoms with E-state index in [4.69, 9.17) is 4.74 Å². The lowest BCUT2D eigenvalue weighted by Gasteiger charge is -2.15. The van der Waals surface area contributed by atoms with Gasteiger partial charge in [-0.3, -0.25) is 4.79 Å². The smallest absolute Gasteiger partial charge is 0.163 e. The first-order chi connectivity index (χ1) is 7.95. The number of carbonyl (C=O) groups excluding carboxylic acids is 1. The molecule has 0 radical (unpaired) electrons. The van der Waals surface area contributed by atoms with Crippen molar-refractivity contribution in [3.63, 3.8) is 0 Å². The Morgan fingerprint density at radius 1 is 1.24 bits per heavy atom. The van der Waals surface area contributed by atoms with E-state index >= 15 is 0 Å². The number of carbonyl (C=O) groups is 1. The average molecular weight is 234 g/mol. The maximum absolute atomic E-state index is 11.9. The van der Waals surface area contributed by atoms with Crippen molar-refractivity contribution in [2.24, 2.45) is 0 Å². The van der Waals surface area contributed by atoms with E-state index in [0.29, 0.717) is 6.42 Å². The molecule has 1 aromatic rings. The maximum atomic E-state index is 11.9. The van der Waals surface area contributed by atoms with E-state index in [2.05, 4.69) is 0 Å². The molecule has 0 aliphatic rings. The molecule has 0 saturated carbocycles. The number of benzene rings is 1. The molecular weight excluding hydrogens is 212 g/mol. The zero-order chi connectivity index (χ0) is 13.0. The first-order valence-electron chi connectivity index (χ1n) is 6.26. The maximum Gasteiger partial charge on any atom is 0.163 e. The molecule has 0 aromatic heterocycles. The van der Waals surface area contributed by atoms with Gasteiger partial charge in [-0.2, -0.15) is 0 Å². The molecule has 0 bridgehead atoms. The fourth-order valence-electron chi connectivity index (χ4n) is 1.83. The molecule has 0 aliphatic heterocycles. The second-order valence-corrected chi connectivity index (χ2v) is 4.77. The molecule has 0 amide bonds. The van der Waals surface area contributed by atoms with Gasteiger partial charge in [0.25, 0.3) is 0 Å². The summed E-state index contributed by atoms with van der Waals surface area (Å²) >= 11 is 0. The van der Waals surface area contributed by atoms with Gasteiger partial charge < -0.3 is 4.74 Å². The second kappa shape index (κ2) is 5.85. The van der Waals surface area contributed by atoms with Crippen LogP contribution in [0.3, 0.4) is 0 Å². The van der Waals surface area contributed by atoms with Gasteiger partial charge >= 0.3 is 0 Å². The van der Waals surface area contributed by atoms with Crippen LogP contribution in [0.1, 0.15) is 55.1 Å². The fourth-order valence-corrected chi connectivity index (χ4v) is 1.83. The summed E-state index contributed by atoms with van der Waals surface area (Å²) in [6.07, 6.45) is 1.66. The minimum atomic E-state index is 0.158. The fraction of sp³-hybridized carbons (Fsp3) is 0.533. The molecule has 0 N–H and O–H groups in total. The van der Waals surface area contributed by atoms with Crippen LogP contribution in [0.25, 0.3) is 0 Å². The molecule has 0 fully saturated rings. The highest BCUT2D eigenvalue weighted by atomic mass is 16.5. The van der Waals surface area contributed by atoms with Crippen LogP contribution in [0.5, 0.6) is 5.75 Å². The molecule has 1 aromatic carbocycles. The van der Waals surface area contributed by atoms with Crippen LogP contribution >= 0.6 is 0 Å². The zero-order valence-corrected chi connectivity index (χ0v) is 11.5. The Labute approximate surface area is 104 Å². The normalized spacial score (nSPS) is 10.7. The van der Waals surface area contributed by atoms with Gasteiger partial charge in [0.1, 0.15) is 5.75 Å². The second-order valence-electron chi connectivity index (χ2n) is 4.77. The summed E-state index contributed by atoms with van der Waals surface area (Å²) in [5.74, 6) is 1.11. The molecule has 0 spiro atoms. The lowest BCUT2D eigenvalue weighted by Crippen LogP contribution is -2.08. The van der Waals surface area contributed by atoms with Gasteiger partial charge in [0.15, 0.2) is 5.78 Å². The van der Waals surface area contributed by atoms with Crippen LogP contribution in [0.2, 0.25) is 0 Å². The highest BCUT2D eigenvalue weighted by Gasteiger charge is 2.12. The summed E-state index contributed by atoms with van der Waals surface area (Å²) in [6.45, 7) is 9.99. The van der Waals surface area contributed by atoms with Crippen LogP contribution in [-0.2, 0) is 0 Å². The van der Waals surface area contributed by atoms with Crippen molar-refractivity contribution in [2.75, 3.05) is 0 Å². The largest absolute Gasteiger partial charge is 0.491 e. The number of ether oxygens (including phenoxy) is 1. The predicted molar refractivity (Wildman–Crippen MR) is 70.9 cm³/mol. The minimum Gasteiger partial charge on any atom is -0.491 e. The van der Waals surface area contributed by atoms with Gasteiger partial charge in [-0.05, 0) is 57.4 Å². The molecule has 0 unspecified atom stereocenters. The summed E-state index contributed by atoms with van der Waals surface area (Å²) in [5, 5.41) is 0. The quantitative estimate of drug-likeness (QED) is 0.718. The zero-order valence-electron chi connectivity index (χ0n) is 11.5. The summed E-state index contributed by atoms with van der Waals surface area (Å²) < 4.78 is 5.71. The van der Waals surface area contributed by atoms with E-state index < -0.39 is 0 Å². The SMILES string of the molecule is CCCC(=O)c1cc(C)c(OC(C)C)cc1C. The van der Waals surface area contributed by atoms with Gasteiger partial charge in [-0.25, -0.2) is 0 Å². The molecule has 0 atom stereocenters. The van der Waals surface area contributed by atoms with Crippen molar-refractivity contribution in [3.8, 4) is 5.75 Å². The molecule has 0 saturated heterocycles. The number of aryl methyl sites for hydroxylation is 2.